The van der Waals surface area contributed by atoms with E-state index < -0.39 is 0 Å². The minimum Gasteiger partial charge on any atom is -0.455 e. The molecule has 2 aliphatic rings. The molecule has 216 valence electrons. The van der Waals surface area contributed by atoms with Gasteiger partial charge in [-0.3, -0.25) is 4.99 Å². The van der Waals surface area contributed by atoms with Crippen molar-refractivity contribution in [3.8, 4) is 0 Å². The Morgan fingerprint density at radius 2 is 1.26 bits per heavy atom. The lowest BCUT2D eigenvalue weighted by Gasteiger charge is -2.26. The Balaban J connectivity index is 1.22. The van der Waals surface area contributed by atoms with Crippen molar-refractivity contribution in [3.63, 3.8) is 0 Å². The summed E-state index contributed by atoms with van der Waals surface area (Å²) in [5.74, 6) is 2.23. The number of fused-ring (bicyclic) bond motifs is 9. The molecule has 7 aromatic carbocycles. The molecule has 0 bridgehead atoms. The molecule has 0 radical (unpaired) electrons. The maximum absolute atomic E-state index is 6.19. The van der Waals surface area contributed by atoms with E-state index >= 15 is 0 Å². The minimum absolute atomic E-state index is 0.334. The summed E-state index contributed by atoms with van der Waals surface area (Å²) in [5, 5.41) is 14.3. The molecule has 46 heavy (non-hydrogen) atoms. The molecule has 0 aliphatic carbocycles. The van der Waals surface area contributed by atoms with Gasteiger partial charge in [-0.1, -0.05) is 115 Å². The van der Waals surface area contributed by atoms with Gasteiger partial charge in [0.05, 0.1) is 6.21 Å². The molecule has 0 saturated heterocycles. The van der Waals surface area contributed by atoms with Gasteiger partial charge in [0.25, 0.3) is 0 Å². The topological polar surface area (TPSA) is 62.2 Å². The number of amidine groups is 2. The van der Waals surface area contributed by atoms with Crippen molar-refractivity contribution in [2.75, 3.05) is 0 Å². The van der Waals surface area contributed by atoms with Crippen molar-refractivity contribution in [2.45, 2.75) is 12.2 Å². The maximum Gasteiger partial charge on any atom is 0.159 e. The first-order valence-corrected chi connectivity index (χ1v) is 15.6. The molecular formula is C41H26N4O. The Hall–Kier alpha value is -6.07. The number of benzene rings is 7. The highest BCUT2D eigenvalue weighted by atomic mass is 16.3. The fourth-order valence-corrected chi connectivity index (χ4v) is 7.21. The van der Waals surface area contributed by atoms with Gasteiger partial charge in [0.2, 0.25) is 0 Å². The van der Waals surface area contributed by atoms with Gasteiger partial charge in [0.1, 0.15) is 23.6 Å². The van der Waals surface area contributed by atoms with E-state index in [1.54, 1.807) is 0 Å². The SMILES string of the molecule is C1=NC(C2=NC(c3cc4c5ccccc5ccc4c4ccccc34)=NC(c3ccc4ccccc4c3)N2)c2c1oc1ccccc21. The number of rotatable bonds is 3. The third kappa shape index (κ3) is 3.78. The Morgan fingerprint density at radius 1 is 0.565 bits per heavy atom. The number of hydrogen-bond acceptors (Lipinski definition) is 5. The van der Waals surface area contributed by atoms with Crippen LogP contribution in [0, 0.1) is 0 Å². The highest BCUT2D eigenvalue weighted by Gasteiger charge is 2.33. The second kappa shape index (κ2) is 9.71. The quantitative estimate of drug-likeness (QED) is 0.208. The molecule has 3 heterocycles. The maximum atomic E-state index is 6.19. The van der Waals surface area contributed by atoms with Gasteiger partial charge in [-0.15, -0.1) is 0 Å². The van der Waals surface area contributed by atoms with Gasteiger partial charge in [0, 0.05) is 16.5 Å². The van der Waals surface area contributed by atoms with Crippen LogP contribution < -0.4 is 5.32 Å². The van der Waals surface area contributed by atoms with Gasteiger partial charge in [-0.2, -0.15) is 0 Å². The van der Waals surface area contributed by atoms with Gasteiger partial charge in [-0.25, -0.2) is 9.98 Å². The normalized spacial score (nSPS) is 17.5. The van der Waals surface area contributed by atoms with Crippen molar-refractivity contribution in [1.29, 1.82) is 0 Å². The summed E-state index contributed by atoms with van der Waals surface area (Å²) >= 11 is 0. The summed E-state index contributed by atoms with van der Waals surface area (Å²) in [6, 6.07) is 46.7. The fourth-order valence-electron chi connectivity index (χ4n) is 7.21. The van der Waals surface area contributed by atoms with Gasteiger partial charge in [0.15, 0.2) is 11.6 Å². The van der Waals surface area contributed by atoms with E-state index in [0.717, 1.165) is 44.6 Å². The molecule has 5 heteroatoms. The van der Waals surface area contributed by atoms with E-state index in [1.165, 1.54) is 37.7 Å². The summed E-state index contributed by atoms with van der Waals surface area (Å²) < 4.78 is 6.19. The summed E-state index contributed by atoms with van der Waals surface area (Å²) in [4.78, 5) is 15.6. The molecular weight excluding hydrogens is 564 g/mol. The Labute approximate surface area is 264 Å². The van der Waals surface area contributed by atoms with Gasteiger partial charge >= 0.3 is 0 Å². The Bertz CT molecular complexity index is 2640. The van der Waals surface area contributed by atoms with Crippen LogP contribution in [0.2, 0.25) is 0 Å². The van der Waals surface area contributed by atoms with E-state index in [1.807, 2.05) is 24.4 Å². The van der Waals surface area contributed by atoms with E-state index in [0.29, 0.717) is 5.84 Å². The zero-order valence-electron chi connectivity index (χ0n) is 24.7. The van der Waals surface area contributed by atoms with E-state index in [-0.39, 0.29) is 12.2 Å². The number of hydrogen-bond donors (Lipinski definition) is 1. The molecule has 0 fully saturated rings. The molecule has 0 saturated carbocycles. The van der Waals surface area contributed by atoms with Crippen molar-refractivity contribution >= 4 is 71.9 Å². The third-order valence-electron chi connectivity index (χ3n) is 9.40. The van der Waals surface area contributed by atoms with Gasteiger partial charge in [-0.05, 0) is 66.9 Å². The van der Waals surface area contributed by atoms with Crippen LogP contribution in [0.1, 0.15) is 34.7 Å². The number of nitrogens with one attached hydrogen (secondary N) is 1. The molecule has 1 aromatic heterocycles. The lowest BCUT2D eigenvalue weighted by Crippen LogP contribution is -2.36. The number of furan rings is 1. The van der Waals surface area contributed by atoms with Crippen LogP contribution in [-0.2, 0) is 0 Å². The highest BCUT2D eigenvalue weighted by Crippen LogP contribution is 2.39. The average Bonchev–Trinajstić information content (AvgIpc) is 3.70. The lowest BCUT2D eigenvalue weighted by molar-refractivity contribution is 0.605. The van der Waals surface area contributed by atoms with Crippen molar-refractivity contribution < 1.29 is 4.42 Å². The van der Waals surface area contributed by atoms with Gasteiger partial charge < -0.3 is 9.73 Å². The van der Waals surface area contributed by atoms with Crippen LogP contribution in [0.25, 0.3) is 54.1 Å². The van der Waals surface area contributed by atoms with Crippen molar-refractivity contribution in [1.82, 2.24) is 5.32 Å². The zero-order chi connectivity index (χ0) is 30.2. The molecule has 2 unspecified atom stereocenters. The third-order valence-corrected chi connectivity index (χ3v) is 9.40. The molecule has 2 aliphatic heterocycles. The molecule has 0 amide bonds. The molecule has 0 spiro atoms. The van der Waals surface area contributed by atoms with Crippen LogP contribution in [0.15, 0.2) is 153 Å². The average molecular weight is 591 g/mol. The first-order valence-electron chi connectivity index (χ1n) is 15.6. The predicted molar refractivity (Wildman–Crippen MR) is 189 cm³/mol. The number of para-hydroxylation sites is 1. The van der Waals surface area contributed by atoms with Crippen molar-refractivity contribution in [3.05, 3.63) is 156 Å². The Morgan fingerprint density at radius 3 is 2.15 bits per heavy atom. The fraction of sp³-hybridized carbons (Fsp3) is 0.0488. The zero-order valence-corrected chi connectivity index (χ0v) is 24.7. The van der Waals surface area contributed by atoms with E-state index in [2.05, 4.69) is 121 Å². The highest BCUT2D eigenvalue weighted by molar-refractivity contribution is 6.25. The molecule has 2 atom stereocenters. The summed E-state index contributed by atoms with van der Waals surface area (Å²) in [6.45, 7) is 0. The standard InChI is InChI=1S/C41H26N4O/c1-2-11-26-21-27(18-17-24(26)9-1)39-43-40(45-41(44-39)38-37-32-15-7-8-16-35(32)46-36(37)23-42-38)34-22-33-28-12-4-3-10-25(28)19-20-31(33)29-13-5-6-14-30(29)34/h1-23,38-39H,(H,43,44,45). The Kier molecular flexibility index (Phi) is 5.34. The summed E-state index contributed by atoms with van der Waals surface area (Å²) in [7, 11) is 0. The van der Waals surface area contributed by atoms with Crippen LogP contribution >= 0.6 is 0 Å². The molecule has 8 aromatic rings. The minimum atomic E-state index is -0.355. The predicted octanol–water partition coefficient (Wildman–Crippen LogP) is 9.67. The number of aliphatic imine (C=N–C) groups is 3. The monoisotopic (exact) mass is 590 g/mol. The van der Waals surface area contributed by atoms with E-state index in [9.17, 15) is 0 Å². The molecule has 5 nitrogen and oxygen atoms in total. The van der Waals surface area contributed by atoms with E-state index in [4.69, 9.17) is 19.4 Å². The second-order valence-electron chi connectivity index (χ2n) is 12.0. The lowest BCUT2D eigenvalue weighted by atomic mass is 9.93. The van der Waals surface area contributed by atoms with Crippen molar-refractivity contribution in [2.24, 2.45) is 15.0 Å². The van der Waals surface area contributed by atoms with Crippen LogP contribution in [0.3, 0.4) is 0 Å². The first kappa shape index (κ1) is 25.3. The second-order valence-corrected chi connectivity index (χ2v) is 12.0. The van der Waals surface area contributed by atoms with Crippen LogP contribution in [0.5, 0.6) is 0 Å². The summed E-state index contributed by atoms with van der Waals surface area (Å²) in [6.07, 6.45) is 1.48. The van der Waals surface area contributed by atoms with Crippen LogP contribution in [0.4, 0.5) is 0 Å². The van der Waals surface area contributed by atoms with Crippen LogP contribution in [-0.4, -0.2) is 17.9 Å². The molecule has 10 rings (SSSR count). The molecule has 1 N–H and O–H groups in total. The largest absolute Gasteiger partial charge is 0.455 e. The number of nitrogens with zero attached hydrogens (tertiary/aromatic N) is 3. The first-order chi connectivity index (χ1) is 22.8. The summed E-state index contributed by atoms with van der Waals surface area (Å²) in [5.41, 5.74) is 3.96. The smallest absolute Gasteiger partial charge is 0.159 e.